The number of phosphoric acid groups is 1. The Kier molecular flexibility index (Phi) is 167. The predicted molar refractivity (Wildman–Crippen MR) is 53.6 cm³/mol. The maximum absolute atomic E-state index is 8.77. The first-order valence-electron chi connectivity index (χ1n) is 1.43. The maximum atomic E-state index is 8.77. The van der Waals surface area contributed by atoms with Crippen molar-refractivity contribution in [1.29, 1.82) is 0 Å². The Balaban J connectivity index is -0.00000000508. The first-order valence-corrected chi connectivity index (χ1v) is 4.30. The van der Waals surface area contributed by atoms with E-state index in [0.29, 0.717) is 0 Å². The van der Waals surface area contributed by atoms with Gasteiger partial charge >= 0.3 is 52.6 Å². The van der Waals surface area contributed by atoms with Crippen LogP contribution in [0.1, 0.15) is 0 Å². The van der Waals surface area contributed by atoms with Crippen LogP contribution in [0.3, 0.4) is 0 Å². The second-order valence-electron chi connectivity index (χ2n) is 0.899. The molecule has 0 aliphatic carbocycles. The van der Waals surface area contributed by atoms with Gasteiger partial charge in [0.2, 0.25) is 0 Å². The van der Waals surface area contributed by atoms with Gasteiger partial charge in [-0.05, 0) is 0 Å². The third-order valence-electron chi connectivity index (χ3n) is 0. The Hall–Kier alpha value is 1.47. The van der Waals surface area contributed by atoms with Crippen molar-refractivity contribution < 1.29 is 105 Å². The molecule has 0 aliphatic rings. The van der Waals surface area contributed by atoms with E-state index in [-0.39, 0.29) is 90.9 Å². The monoisotopic (exact) mass is 366 g/mol. The minimum atomic E-state index is -5.17. The molecule has 0 radical (unpaired) electrons. The van der Waals surface area contributed by atoms with Gasteiger partial charge in [-0.25, -0.2) is 0 Å². The van der Waals surface area contributed by atoms with E-state index in [4.69, 9.17) is 36.8 Å². The summed E-state index contributed by atoms with van der Waals surface area (Å²) in [4.78, 5) is 22.9. The quantitative estimate of drug-likeness (QED) is 0.178. The van der Waals surface area contributed by atoms with E-state index in [1.165, 1.54) is 0 Å². The van der Waals surface area contributed by atoms with Crippen LogP contribution in [-0.4, -0.2) is 88.7 Å². The van der Waals surface area contributed by atoms with E-state index in [2.05, 4.69) is 0 Å². The van der Waals surface area contributed by atoms with Crippen LogP contribution in [0, 0.1) is 0 Å². The van der Waals surface area contributed by atoms with Gasteiger partial charge in [0.05, 0.1) is 0 Å². The molecule has 0 atom stereocenters. The fraction of sp³-hybridized carbons (Fsp3) is 0. The van der Waals surface area contributed by atoms with Crippen molar-refractivity contribution in [2.45, 2.75) is 0 Å². The molecule has 0 bridgehead atoms. The summed E-state index contributed by atoms with van der Waals surface area (Å²) in [5, 5.41) is 0. The van der Waals surface area contributed by atoms with Gasteiger partial charge in [0, 0.05) is 10.4 Å². The first-order chi connectivity index (χ1) is 4.00. The minimum absolute atomic E-state index is 0. The molecule has 0 amide bonds. The van der Waals surface area contributed by atoms with Gasteiger partial charge in [-0.1, -0.05) is 0 Å². The summed E-state index contributed by atoms with van der Waals surface area (Å²) in [6, 6.07) is 0. The van der Waals surface area contributed by atoms with Crippen LogP contribution in [0.4, 0.5) is 0 Å². The SMILES string of the molecule is O.O.O.O.O.O.O.O=P([O-])(O)O.O=S(=O)([O-])[O-].[Mg+2].[Na+]. The summed E-state index contributed by atoms with van der Waals surface area (Å²) in [6.07, 6.45) is 0. The molecule has 0 heterocycles. The fourth-order valence-corrected chi connectivity index (χ4v) is 0. The zero-order chi connectivity index (χ0) is 9.00. The molecular formula is H16MgNaO15PS. The van der Waals surface area contributed by atoms with Crippen LogP contribution in [0.15, 0.2) is 0 Å². The normalized spacial score (nSPS) is 6.16. The van der Waals surface area contributed by atoms with Gasteiger partial charge in [0.25, 0.3) is 7.82 Å². The zero-order valence-electron chi connectivity index (χ0n) is 9.41. The van der Waals surface area contributed by atoms with Crippen LogP contribution in [0.25, 0.3) is 0 Å². The Morgan fingerprint density at radius 2 is 0.789 bits per heavy atom. The van der Waals surface area contributed by atoms with E-state index in [9.17, 15) is 0 Å². The molecule has 0 aromatic heterocycles. The van der Waals surface area contributed by atoms with Crippen molar-refractivity contribution in [3.8, 4) is 0 Å². The van der Waals surface area contributed by atoms with Gasteiger partial charge in [-0.2, -0.15) is 0 Å². The van der Waals surface area contributed by atoms with Crippen molar-refractivity contribution in [3.05, 3.63) is 0 Å². The third-order valence-corrected chi connectivity index (χ3v) is 0. The Labute approximate surface area is 145 Å². The van der Waals surface area contributed by atoms with Crippen molar-refractivity contribution in [3.63, 3.8) is 0 Å². The first kappa shape index (κ1) is 86.5. The van der Waals surface area contributed by atoms with Gasteiger partial charge < -0.3 is 62.1 Å². The summed E-state index contributed by atoms with van der Waals surface area (Å²) in [5.41, 5.74) is 0. The summed E-state index contributed by atoms with van der Waals surface area (Å²) < 4.78 is 42.9. The van der Waals surface area contributed by atoms with Crippen LogP contribution in [0.5, 0.6) is 0 Å². The number of rotatable bonds is 0. The van der Waals surface area contributed by atoms with E-state index >= 15 is 0 Å². The molecule has 0 saturated heterocycles. The Bertz CT molecular complexity index is 200. The molecule has 0 spiro atoms. The van der Waals surface area contributed by atoms with E-state index in [0.717, 1.165) is 0 Å². The van der Waals surface area contributed by atoms with Crippen molar-refractivity contribution in [2.75, 3.05) is 0 Å². The summed E-state index contributed by atoms with van der Waals surface area (Å²) in [6.45, 7) is 0. The summed E-state index contributed by atoms with van der Waals surface area (Å²) >= 11 is 0. The molecule has 0 aromatic rings. The second-order valence-corrected chi connectivity index (χ2v) is 2.70. The van der Waals surface area contributed by atoms with Gasteiger partial charge in [-0.15, -0.1) is 0 Å². The molecule has 15 nitrogen and oxygen atoms in total. The van der Waals surface area contributed by atoms with Crippen LogP contribution in [0.2, 0.25) is 0 Å². The van der Waals surface area contributed by atoms with Crippen molar-refractivity contribution in [1.82, 2.24) is 0 Å². The van der Waals surface area contributed by atoms with E-state index in [1.54, 1.807) is 0 Å². The molecule has 0 fully saturated rings. The topological polar surface area (TPSA) is 381 Å². The molecule has 0 rings (SSSR count). The molecule has 120 valence electrons. The largest absolute Gasteiger partial charge is 2.00 e. The third kappa shape index (κ3) is 2760. The van der Waals surface area contributed by atoms with E-state index in [1.807, 2.05) is 0 Å². The average Bonchev–Trinajstić information content (AvgIpc) is 1.12. The number of hydrogen-bond donors (Lipinski definition) is 2. The predicted octanol–water partition coefficient (Wildman–Crippen LogP) is -12.0. The van der Waals surface area contributed by atoms with Gasteiger partial charge in [0.1, 0.15) is 0 Å². The smallest absolute Gasteiger partial charge is 0.759 e. The molecule has 16 N–H and O–H groups in total. The van der Waals surface area contributed by atoms with E-state index < -0.39 is 18.2 Å². The summed E-state index contributed by atoms with van der Waals surface area (Å²) in [7, 11) is -10.1. The fourth-order valence-electron chi connectivity index (χ4n) is 0. The van der Waals surface area contributed by atoms with Crippen molar-refractivity contribution in [2.24, 2.45) is 0 Å². The molecule has 19 heteroatoms. The average molecular weight is 366 g/mol. The number of hydrogen-bond acceptors (Lipinski definition) is 6. The van der Waals surface area contributed by atoms with Crippen LogP contribution >= 0.6 is 7.82 Å². The Morgan fingerprint density at radius 1 is 0.789 bits per heavy atom. The molecule has 0 saturated carbocycles. The van der Waals surface area contributed by atoms with Crippen molar-refractivity contribution >= 4 is 41.3 Å². The zero-order valence-corrected chi connectivity index (χ0v) is 14.5. The molecule has 19 heavy (non-hydrogen) atoms. The maximum Gasteiger partial charge on any atom is 2.00 e. The van der Waals surface area contributed by atoms with Gasteiger partial charge in [-0.3, -0.25) is 13.0 Å². The molecule has 0 unspecified atom stereocenters. The molecular weight excluding hydrogens is 350 g/mol. The Morgan fingerprint density at radius 3 is 0.789 bits per heavy atom. The minimum Gasteiger partial charge on any atom is -0.759 e. The van der Waals surface area contributed by atoms with Crippen LogP contribution in [-0.2, 0) is 15.0 Å². The van der Waals surface area contributed by atoms with Crippen LogP contribution < -0.4 is 34.5 Å². The standard InChI is InChI=1S/Mg.Na.H3O4P.H2O4S.7H2O/c;;2*1-5(2,3)4;;;;;;;/h;;(H3,1,2,3,4);(H2,1,2,3,4);7*1H2/q+2;+1;;;;;;;;;/p-3. The molecule has 0 aliphatic heterocycles. The van der Waals surface area contributed by atoms with Gasteiger partial charge in [0.15, 0.2) is 0 Å². The summed E-state index contributed by atoms with van der Waals surface area (Å²) in [5.74, 6) is 0. The second kappa shape index (κ2) is 36.6. The molecule has 0 aromatic carbocycles.